The van der Waals surface area contributed by atoms with Crippen LogP contribution < -0.4 is 10.6 Å². The third-order valence-corrected chi connectivity index (χ3v) is 3.34. The van der Waals surface area contributed by atoms with Gasteiger partial charge in [0.2, 0.25) is 11.8 Å². The molecule has 5 heteroatoms. The van der Waals surface area contributed by atoms with Crippen LogP contribution in [-0.4, -0.2) is 47.9 Å². The van der Waals surface area contributed by atoms with Crippen molar-refractivity contribution in [1.29, 1.82) is 0 Å². The van der Waals surface area contributed by atoms with Gasteiger partial charge in [0, 0.05) is 18.6 Å². The van der Waals surface area contributed by atoms with Crippen LogP contribution >= 0.6 is 0 Å². The highest BCUT2D eigenvalue weighted by molar-refractivity contribution is 5.88. The maximum atomic E-state index is 12.2. The molecule has 2 amide bonds. The molecule has 2 fully saturated rings. The fraction of sp³-hybridized carbons (Fsp3) is 0.846. The summed E-state index contributed by atoms with van der Waals surface area (Å²) in [6.45, 7) is 4.98. The van der Waals surface area contributed by atoms with E-state index >= 15 is 0 Å². The summed E-state index contributed by atoms with van der Waals surface area (Å²) in [5.41, 5.74) is 0. The number of nitrogens with one attached hydrogen (secondary N) is 2. The van der Waals surface area contributed by atoms with Gasteiger partial charge >= 0.3 is 0 Å². The van der Waals surface area contributed by atoms with Crippen molar-refractivity contribution in [3.05, 3.63) is 0 Å². The molecule has 2 rings (SSSR count). The third-order valence-electron chi connectivity index (χ3n) is 3.34. The van der Waals surface area contributed by atoms with E-state index in [0.29, 0.717) is 18.6 Å². The van der Waals surface area contributed by atoms with E-state index < -0.39 is 0 Å². The van der Waals surface area contributed by atoms with E-state index in [1.165, 1.54) is 0 Å². The van der Waals surface area contributed by atoms with Gasteiger partial charge in [-0.05, 0) is 25.7 Å². The van der Waals surface area contributed by atoms with Gasteiger partial charge in [-0.15, -0.1) is 0 Å². The lowest BCUT2D eigenvalue weighted by molar-refractivity contribution is -0.140. The molecule has 0 bridgehead atoms. The molecule has 0 aromatic rings. The van der Waals surface area contributed by atoms with Crippen LogP contribution in [0.2, 0.25) is 0 Å². The van der Waals surface area contributed by atoms with Crippen molar-refractivity contribution in [2.75, 3.05) is 13.1 Å². The Labute approximate surface area is 108 Å². The molecule has 1 aliphatic carbocycles. The van der Waals surface area contributed by atoms with E-state index in [4.69, 9.17) is 0 Å². The smallest absolute Gasteiger partial charge is 0.240 e. The predicted molar refractivity (Wildman–Crippen MR) is 69.0 cm³/mol. The van der Waals surface area contributed by atoms with Crippen molar-refractivity contribution in [1.82, 2.24) is 15.5 Å². The predicted octanol–water partition coefficient (Wildman–Crippen LogP) is 0.254. The van der Waals surface area contributed by atoms with Gasteiger partial charge in [-0.3, -0.25) is 9.59 Å². The number of likely N-dealkylation sites (tertiary alicyclic amines) is 1. The Morgan fingerprint density at radius 1 is 1.39 bits per heavy atom. The zero-order chi connectivity index (χ0) is 13.1. The van der Waals surface area contributed by atoms with Crippen LogP contribution in [0.5, 0.6) is 0 Å². The largest absolute Gasteiger partial charge is 0.352 e. The van der Waals surface area contributed by atoms with E-state index in [2.05, 4.69) is 10.6 Å². The Morgan fingerprint density at radius 2 is 2.11 bits per heavy atom. The molecule has 1 unspecified atom stereocenters. The zero-order valence-electron chi connectivity index (χ0n) is 11.2. The van der Waals surface area contributed by atoms with Crippen LogP contribution in [0, 0.1) is 0 Å². The number of hydrogen-bond donors (Lipinski definition) is 2. The molecule has 5 nitrogen and oxygen atoms in total. The molecular formula is C13H23N3O2. The number of nitrogens with zero attached hydrogens (tertiary/aromatic N) is 1. The van der Waals surface area contributed by atoms with Crippen molar-refractivity contribution in [3.63, 3.8) is 0 Å². The second kappa shape index (κ2) is 5.69. The fourth-order valence-corrected chi connectivity index (χ4v) is 2.33. The summed E-state index contributed by atoms with van der Waals surface area (Å²) in [4.78, 5) is 25.6. The number of rotatable bonds is 5. The standard InChI is InChI=1S/C13H23N3O2/c1-9(2)14-11-4-3-7-16(13(11)18)8-12(17)15-10-5-6-10/h9-11,14H,3-8H2,1-2H3,(H,15,17). The van der Waals surface area contributed by atoms with Gasteiger partial charge in [0.1, 0.15) is 0 Å². The van der Waals surface area contributed by atoms with Crippen LogP contribution in [0.4, 0.5) is 0 Å². The monoisotopic (exact) mass is 253 g/mol. The van der Waals surface area contributed by atoms with E-state index in [-0.39, 0.29) is 24.4 Å². The quantitative estimate of drug-likeness (QED) is 0.738. The Balaban J connectivity index is 1.83. The summed E-state index contributed by atoms with van der Waals surface area (Å²) in [5, 5.41) is 6.19. The highest BCUT2D eigenvalue weighted by Crippen LogP contribution is 2.18. The fourth-order valence-electron chi connectivity index (χ4n) is 2.33. The minimum Gasteiger partial charge on any atom is -0.352 e. The summed E-state index contributed by atoms with van der Waals surface area (Å²) >= 11 is 0. The van der Waals surface area contributed by atoms with Gasteiger partial charge in [-0.1, -0.05) is 13.8 Å². The summed E-state index contributed by atoms with van der Waals surface area (Å²) in [6.07, 6.45) is 4.00. The molecule has 1 heterocycles. The first-order valence-corrected chi connectivity index (χ1v) is 6.90. The molecule has 1 atom stereocenters. The second-order valence-electron chi connectivity index (χ2n) is 5.62. The van der Waals surface area contributed by atoms with Crippen molar-refractivity contribution in [2.45, 2.75) is 57.7 Å². The lowest BCUT2D eigenvalue weighted by Gasteiger charge is -2.33. The number of piperidine rings is 1. The molecule has 1 aliphatic heterocycles. The number of hydrogen-bond acceptors (Lipinski definition) is 3. The summed E-state index contributed by atoms with van der Waals surface area (Å²) in [6, 6.07) is 0.536. The van der Waals surface area contributed by atoms with Crippen molar-refractivity contribution < 1.29 is 9.59 Å². The minimum absolute atomic E-state index is 0.0175. The van der Waals surface area contributed by atoms with E-state index in [0.717, 1.165) is 25.7 Å². The Morgan fingerprint density at radius 3 is 2.72 bits per heavy atom. The molecule has 2 aliphatic rings. The Kier molecular flexibility index (Phi) is 4.22. The minimum atomic E-state index is -0.118. The molecule has 0 spiro atoms. The van der Waals surface area contributed by atoms with Crippen LogP contribution in [0.1, 0.15) is 39.5 Å². The average Bonchev–Trinajstić information content (AvgIpc) is 3.07. The van der Waals surface area contributed by atoms with Gasteiger partial charge in [-0.25, -0.2) is 0 Å². The molecule has 2 N–H and O–H groups in total. The summed E-state index contributed by atoms with van der Waals surface area (Å²) in [5.74, 6) is 0.0527. The van der Waals surface area contributed by atoms with E-state index in [9.17, 15) is 9.59 Å². The molecule has 1 saturated heterocycles. The molecule has 18 heavy (non-hydrogen) atoms. The average molecular weight is 253 g/mol. The molecule has 1 saturated carbocycles. The van der Waals surface area contributed by atoms with E-state index in [1.54, 1.807) is 4.90 Å². The third kappa shape index (κ3) is 3.70. The SMILES string of the molecule is CC(C)NC1CCCN(CC(=O)NC2CC2)C1=O. The van der Waals surface area contributed by atoms with Gasteiger partial charge in [-0.2, -0.15) is 0 Å². The second-order valence-corrected chi connectivity index (χ2v) is 5.62. The first-order valence-electron chi connectivity index (χ1n) is 6.90. The molecule has 0 radical (unpaired) electrons. The Bertz CT molecular complexity index is 326. The first-order chi connectivity index (χ1) is 8.56. The number of carbonyl (C=O) groups is 2. The topological polar surface area (TPSA) is 61.4 Å². The summed E-state index contributed by atoms with van der Waals surface area (Å²) in [7, 11) is 0. The van der Waals surface area contributed by atoms with Crippen LogP contribution in [0.25, 0.3) is 0 Å². The highest BCUT2D eigenvalue weighted by Gasteiger charge is 2.31. The number of carbonyl (C=O) groups excluding carboxylic acids is 2. The molecular weight excluding hydrogens is 230 g/mol. The molecule has 0 aromatic heterocycles. The van der Waals surface area contributed by atoms with Crippen molar-refractivity contribution in [3.8, 4) is 0 Å². The maximum absolute atomic E-state index is 12.2. The van der Waals surface area contributed by atoms with Crippen LogP contribution in [0.15, 0.2) is 0 Å². The van der Waals surface area contributed by atoms with Gasteiger partial charge in [0.15, 0.2) is 0 Å². The Hall–Kier alpha value is -1.10. The molecule has 102 valence electrons. The number of amides is 2. The lowest BCUT2D eigenvalue weighted by atomic mass is 10.0. The normalized spacial score (nSPS) is 24.5. The maximum Gasteiger partial charge on any atom is 0.240 e. The zero-order valence-corrected chi connectivity index (χ0v) is 11.2. The van der Waals surface area contributed by atoms with E-state index in [1.807, 2.05) is 13.8 Å². The molecule has 0 aromatic carbocycles. The van der Waals surface area contributed by atoms with Crippen molar-refractivity contribution in [2.24, 2.45) is 0 Å². The van der Waals surface area contributed by atoms with Crippen molar-refractivity contribution >= 4 is 11.8 Å². The van der Waals surface area contributed by atoms with Gasteiger partial charge in [0.25, 0.3) is 0 Å². The summed E-state index contributed by atoms with van der Waals surface area (Å²) < 4.78 is 0. The van der Waals surface area contributed by atoms with Gasteiger partial charge < -0.3 is 15.5 Å². The highest BCUT2D eigenvalue weighted by atomic mass is 16.2. The first kappa shape index (κ1) is 13.3. The van der Waals surface area contributed by atoms with Crippen LogP contribution in [0.3, 0.4) is 0 Å². The van der Waals surface area contributed by atoms with Crippen LogP contribution in [-0.2, 0) is 9.59 Å². The van der Waals surface area contributed by atoms with Gasteiger partial charge in [0.05, 0.1) is 12.6 Å². The lowest BCUT2D eigenvalue weighted by Crippen LogP contribution is -2.54.